The number of carbonyl (C=O) groups is 11. The molecule has 8 fully saturated rings. The molecule has 0 spiro atoms. The standard InChI is InChI=1S/C33H54N4O3.2C29H46N4O3.C27H43N3O4/c1-7-28(8-2)37(23-27-12-10-9-11-13-27)31(38)22-26-14-17-35(18-15-26)33(40)30(21-25(5)6)36-19-16-34-29(32(36)39)20-24(3)4;2*1-21(2)17-25-28(35)33(16-13-30-25)26(18-22(3)4)29(36)32-14-11-23(12-15-32)19-27(34)31(5)20-24-9-7-6-8-10-24;1-19(2)15-24-26(31)30(14-11-28-24)25(16-20(3)4)27(32)29-12-9-21(10-13-29)18-34-23-8-6-7-22(17-23)33-5/h9-13,24-26,28-30,34H,7-8,14-23H2,1-6H3;2*6-10,21-23,25-26,30H,11-20H2,1-5H3;6-8,17,19-21,24-25,28H,9-16,18H2,1-5H3/t29-,30-;2*25-,26-;24-,25-/m0000/s1. The highest BCUT2D eigenvalue weighted by molar-refractivity contribution is 5.93. The predicted octanol–water partition coefficient (Wildman–Crippen LogP) is 15.7. The molecule has 8 aliphatic rings. The summed E-state index contributed by atoms with van der Waals surface area (Å²) in [7, 11) is 5.37. The van der Waals surface area contributed by atoms with Gasteiger partial charge in [-0.05, 0) is 215 Å². The maximum atomic E-state index is 13.9. The molecule has 8 aliphatic heterocycles. The molecule has 0 bridgehead atoms. The zero-order valence-electron chi connectivity index (χ0n) is 93.3. The third kappa shape index (κ3) is 37.9. The quantitative estimate of drug-likeness (QED) is 0.0320. The zero-order chi connectivity index (χ0) is 106. The molecule has 8 atom stereocenters. The van der Waals surface area contributed by atoms with Gasteiger partial charge < -0.3 is 84.6 Å². The molecule has 0 unspecified atom stereocenters. The fourth-order valence-electron chi connectivity index (χ4n) is 22.3. The number of amides is 11. The third-order valence-electron chi connectivity index (χ3n) is 30.4. The Balaban J connectivity index is 0.000000217. The minimum absolute atomic E-state index is 0.0656. The highest BCUT2D eigenvalue weighted by Gasteiger charge is 2.46. The molecular weight excluding hydrogens is 1840 g/mol. The molecule has 28 nitrogen and oxygen atoms in total. The van der Waals surface area contributed by atoms with E-state index >= 15 is 0 Å². The van der Waals surface area contributed by atoms with E-state index in [4.69, 9.17) is 9.47 Å². The number of ether oxygens (including phenoxy) is 2. The summed E-state index contributed by atoms with van der Waals surface area (Å²) in [6.07, 6.45) is 16.2. The van der Waals surface area contributed by atoms with Crippen molar-refractivity contribution in [2.24, 2.45) is 71.0 Å². The van der Waals surface area contributed by atoms with Gasteiger partial charge in [0.15, 0.2) is 0 Å². The van der Waals surface area contributed by atoms with Crippen molar-refractivity contribution < 1.29 is 62.2 Å². The first kappa shape index (κ1) is 120. The SMILES string of the molecule is CC(C)C[C@@H]1NCCN([C@@H](CC(C)C)C(=O)N2CCC(CC(=O)N(C)Cc3ccccc3)CC2)C1=O.CC(C)C[C@@H]1NCCN([C@@H](CC(C)C)C(=O)N2CCC(CC(=O)N(C)Cc3ccccc3)CC2)C1=O.CCC(CC)N(Cc1ccccc1)C(=O)CC1CCN(C(=O)[C@H](CC(C)C)N2CCN[C@@H](CC(C)C)C2=O)CC1.COc1cccc(OCC2CCN(C(=O)[C@H](CC(C)C)N3CCN[C@@H](CC(C)C)C3=O)CC2)c1. The molecule has 4 N–H and O–H groups in total. The fourth-order valence-corrected chi connectivity index (χ4v) is 22.3. The van der Waals surface area contributed by atoms with E-state index in [2.05, 4.69) is 163 Å². The molecule has 0 saturated carbocycles. The van der Waals surface area contributed by atoms with Gasteiger partial charge in [-0.3, -0.25) is 52.7 Å². The molecule has 8 saturated heterocycles. The Morgan fingerprint density at radius 3 is 0.849 bits per heavy atom. The maximum absolute atomic E-state index is 13.9. The number of piperidine rings is 4. The van der Waals surface area contributed by atoms with Gasteiger partial charge in [0.05, 0.1) is 37.9 Å². The van der Waals surface area contributed by atoms with Gasteiger partial charge in [0.25, 0.3) is 0 Å². The van der Waals surface area contributed by atoms with Gasteiger partial charge in [-0.1, -0.05) is 222 Å². The first-order valence-electron chi connectivity index (χ1n) is 56.2. The van der Waals surface area contributed by atoms with Crippen molar-refractivity contribution in [3.8, 4) is 11.5 Å². The number of rotatable bonds is 43. The second-order valence-electron chi connectivity index (χ2n) is 46.4. The van der Waals surface area contributed by atoms with Crippen LogP contribution in [-0.4, -0.2) is 306 Å². The monoisotopic (exact) mass is 2020 g/mol. The van der Waals surface area contributed by atoms with E-state index in [1.807, 2.05) is 156 Å². The smallest absolute Gasteiger partial charge is 0.245 e. The molecule has 0 radical (unpaired) electrons. The van der Waals surface area contributed by atoms with Crippen LogP contribution in [0.15, 0.2) is 115 Å². The maximum Gasteiger partial charge on any atom is 0.245 e. The Morgan fingerprint density at radius 1 is 0.329 bits per heavy atom. The molecule has 12 rings (SSSR count). The average molecular weight is 2030 g/mol. The minimum Gasteiger partial charge on any atom is -0.497 e. The van der Waals surface area contributed by atoms with Gasteiger partial charge in [-0.25, -0.2) is 0 Å². The van der Waals surface area contributed by atoms with E-state index < -0.39 is 18.1 Å². The van der Waals surface area contributed by atoms with Crippen molar-refractivity contribution >= 4 is 65.0 Å². The van der Waals surface area contributed by atoms with Crippen molar-refractivity contribution in [2.45, 2.75) is 333 Å². The summed E-state index contributed by atoms with van der Waals surface area (Å²) in [6, 6.07) is 35.9. The molecule has 814 valence electrons. The van der Waals surface area contributed by atoms with Gasteiger partial charge in [0.1, 0.15) is 35.7 Å². The van der Waals surface area contributed by atoms with Crippen molar-refractivity contribution in [3.63, 3.8) is 0 Å². The Labute approximate surface area is 877 Å². The van der Waals surface area contributed by atoms with E-state index in [0.717, 1.165) is 157 Å². The normalized spacial score (nSPS) is 20.1. The Kier molecular flexibility index (Phi) is 50.1. The summed E-state index contributed by atoms with van der Waals surface area (Å²) in [5.41, 5.74) is 3.42. The van der Waals surface area contributed by atoms with Gasteiger partial charge in [-0.15, -0.1) is 0 Å². The average Bonchev–Trinajstić information content (AvgIpc) is 0.815. The van der Waals surface area contributed by atoms with Crippen LogP contribution in [0.3, 0.4) is 0 Å². The number of hydrogen-bond acceptors (Lipinski definition) is 17. The summed E-state index contributed by atoms with van der Waals surface area (Å²) in [6.45, 7) is 51.4. The van der Waals surface area contributed by atoms with Crippen molar-refractivity contribution in [1.82, 2.24) is 75.2 Å². The van der Waals surface area contributed by atoms with Gasteiger partial charge in [-0.2, -0.15) is 0 Å². The molecular formula is C118H189N15O13. The zero-order valence-corrected chi connectivity index (χ0v) is 93.3. The van der Waals surface area contributed by atoms with Crippen LogP contribution in [0, 0.1) is 71.0 Å². The highest BCUT2D eigenvalue weighted by atomic mass is 16.5. The van der Waals surface area contributed by atoms with Gasteiger partial charge in [0, 0.05) is 170 Å². The predicted molar refractivity (Wildman–Crippen MR) is 582 cm³/mol. The molecule has 11 amide bonds. The number of nitrogens with one attached hydrogen (secondary N) is 4. The van der Waals surface area contributed by atoms with E-state index in [9.17, 15) is 52.7 Å². The fraction of sp³-hybridized carbons (Fsp3) is 0.703. The first-order chi connectivity index (χ1) is 69.7. The summed E-state index contributed by atoms with van der Waals surface area (Å²) < 4.78 is 11.3. The lowest BCUT2D eigenvalue weighted by atomic mass is 9.91. The second-order valence-corrected chi connectivity index (χ2v) is 46.4. The molecule has 0 aromatic heterocycles. The Morgan fingerprint density at radius 2 is 0.589 bits per heavy atom. The number of hydrogen-bond donors (Lipinski definition) is 4. The van der Waals surface area contributed by atoms with Crippen LogP contribution in [-0.2, 0) is 72.4 Å². The van der Waals surface area contributed by atoms with Crippen LogP contribution in [0.2, 0.25) is 0 Å². The second kappa shape index (κ2) is 61.0. The largest absolute Gasteiger partial charge is 0.497 e. The number of nitrogens with zero attached hydrogens (tertiary/aromatic N) is 11. The Bertz CT molecular complexity index is 4480. The molecule has 4 aromatic carbocycles. The summed E-state index contributed by atoms with van der Waals surface area (Å²) in [4.78, 5) is 168. The van der Waals surface area contributed by atoms with Crippen LogP contribution in [0.1, 0.15) is 276 Å². The lowest BCUT2D eigenvalue weighted by molar-refractivity contribution is -0.150. The van der Waals surface area contributed by atoms with Crippen LogP contribution in [0.4, 0.5) is 0 Å². The van der Waals surface area contributed by atoms with Crippen LogP contribution < -0.4 is 30.7 Å². The van der Waals surface area contributed by atoms with E-state index in [-0.39, 0.29) is 107 Å². The van der Waals surface area contributed by atoms with E-state index in [0.29, 0.717) is 202 Å². The van der Waals surface area contributed by atoms with Crippen LogP contribution in [0.25, 0.3) is 0 Å². The number of likely N-dealkylation sites (tertiary alicyclic amines) is 4. The summed E-state index contributed by atoms with van der Waals surface area (Å²) in [5, 5.41) is 13.4. The highest BCUT2D eigenvalue weighted by Crippen LogP contribution is 2.34. The first-order valence-corrected chi connectivity index (χ1v) is 56.2. The number of carbonyl (C=O) groups excluding carboxylic acids is 11. The van der Waals surface area contributed by atoms with Crippen LogP contribution in [0.5, 0.6) is 11.5 Å². The van der Waals surface area contributed by atoms with Gasteiger partial charge in [0.2, 0.25) is 65.0 Å². The molecule has 8 heterocycles. The van der Waals surface area contributed by atoms with Crippen molar-refractivity contribution in [3.05, 3.63) is 132 Å². The molecule has 146 heavy (non-hydrogen) atoms. The topological polar surface area (TPSA) is 290 Å². The molecule has 28 heteroatoms. The number of benzene rings is 4. The molecule has 0 aliphatic carbocycles. The number of piperazine rings is 4. The molecule has 4 aromatic rings. The lowest BCUT2D eigenvalue weighted by Crippen LogP contribution is -2.62. The summed E-state index contributed by atoms with van der Waals surface area (Å²) in [5.74, 6) is 7.01. The third-order valence-corrected chi connectivity index (χ3v) is 30.4. The number of methoxy groups -OCH3 is 1. The van der Waals surface area contributed by atoms with Gasteiger partial charge >= 0.3 is 0 Å². The van der Waals surface area contributed by atoms with Crippen LogP contribution >= 0.6 is 0 Å². The Hall–Kier alpha value is -9.51. The lowest BCUT2D eigenvalue weighted by Gasteiger charge is -2.42. The summed E-state index contributed by atoms with van der Waals surface area (Å²) >= 11 is 0. The van der Waals surface area contributed by atoms with Crippen molar-refractivity contribution in [2.75, 3.05) is 133 Å². The van der Waals surface area contributed by atoms with Crippen molar-refractivity contribution in [1.29, 1.82) is 0 Å². The minimum atomic E-state index is -0.404. The van der Waals surface area contributed by atoms with E-state index in [1.165, 1.54) is 0 Å². The van der Waals surface area contributed by atoms with E-state index in [1.54, 1.807) is 16.9 Å².